The maximum Gasteiger partial charge on any atom is 0.212 e. The van der Waals surface area contributed by atoms with E-state index < -0.39 is 0 Å². The van der Waals surface area contributed by atoms with Crippen molar-refractivity contribution in [2.24, 2.45) is 0 Å². The first-order chi connectivity index (χ1) is 10.8. The Morgan fingerprint density at radius 1 is 1.30 bits per heavy atom. The summed E-state index contributed by atoms with van der Waals surface area (Å²) in [4.78, 5) is 12.5. The van der Waals surface area contributed by atoms with E-state index in [0.717, 1.165) is 36.5 Å². The molecule has 1 unspecified atom stereocenters. The molecule has 0 aliphatic carbocycles. The van der Waals surface area contributed by atoms with Gasteiger partial charge < -0.3 is 10.2 Å². The summed E-state index contributed by atoms with van der Waals surface area (Å²) in [5.74, 6) is 0.832. The minimum Gasteiger partial charge on any atom is -0.439 e. The molecule has 23 heavy (non-hydrogen) atoms. The van der Waals surface area contributed by atoms with Crippen LogP contribution in [-0.4, -0.2) is 21.4 Å². The summed E-state index contributed by atoms with van der Waals surface area (Å²) in [6.45, 7) is 1.92. The van der Waals surface area contributed by atoms with Crippen molar-refractivity contribution in [1.29, 1.82) is 0 Å². The average molecular weight is 351 g/mol. The summed E-state index contributed by atoms with van der Waals surface area (Å²) < 4.78 is 5.99. The zero-order valence-electron chi connectivity index (χ0n) is 12.6. The molecule has 0 amide bonds. The Morgan fingerprint density at radius 3 is 2.96 bits per heavy atom. The lowest BCUT2D eigenvalue weighted by Crippen LogP contribution is -2.32. The van der Waals surface area contributed by atoms with Gasteiger partial charge in [0.15, 0.2) is 10.7 Å². The second kappa shape index (κ2) is 6.86. The normalized spacial score (nSPS) is 18.9. The molecule has 1 aliphatic heterocycles. The number of aromatic nitrogens is 2. The van der Waals surface area contributed by atoms with Gasteiger partial charge in [0, 0.05) is 17.6 Å². The number of nitrogen functional groups attached to an aromatic ring is 1. The van der Waals surface area contributed by atoms with Gasteiger partial charge in [-0.05, 0) is 31.5 Å². The standard InChI is InChI=1S/C16H18N4OS.ClH/c17-16-18-9-11(22-16)10-20-8-4-3-6-13(20)15-19-12-5-1-2-7-14(12)21-15;/h1-2,5,7,9,13H,3-4,6,8,10H2,(H2,17,18);1H. The van der Waals surface area contributed by atoms with E-state index in [9.17, 15) is 0 Å². The van der Waals surface area contributed by atoms with Crippen LogP contribution in [0.5, 0.6) is 0 Å². The van der Waals surface area contributed by atoms with Gasteiger partial charge in [0.25, 0.3) is 0 Å². The Balaban J connectivity index is 0.00000156. The molecule has 0 bridgehead atoms. The Hall–Kier alpha value is -1.63. The van der Waals surface area contributed by atoms with Gasteiger partial charge in [0.05, 0.1) is 6.04 Å². The van der Waals surface area contributed by atoms with Gasteiger partial charge in [-0.1, -0.05) is 18.6 Å². The summed E-state index contributed by atoms with van der Waals surface area (Å²) in [7, 11) is 0. The molecule has 7 heteroatoms. The van der Waals surface area contributed by atoms with E-state index in [1.54, 1.807) is 11.3 Å². The fourth-order valence-electron chi connectivity index (χ4n) is 3.09. The van der Waals surface area contributed by atoms with Gasteiger partial charge >= 0.3 is 0 Å². The third-order valence-corrected chi connectivity index (χ3v) is 4.95. The summed E-state index contributed by atoms with van der Waals surface area (Å²) in [5, 5.41) is 0.630. The molecule has 2 N–H and O–H groups in total. The van der Waals surface area contributed by atoms with E-state index in [0.29, 0.717) is 5.13 Å². The quantitative estimate of drug-likeness (QED) is 0.772. The third kappa shape index (κ3) is 3.34. The average Bonchev–Trinajstić information content (AvgIpc) is 3.14. The number of fused-ring (bicyclic) bond motifs is 1. The maximum atomic E-state index is 5.99. The summed E-state index contributed by atoms with van der Waals surface area (Å²) in [6.07, 6.45) is 5.38. The lowest BCUT2D eigenvalue weighted by molar-refractivity contribution is 0.120. The van der Waals surface area contributed by atoms with Crippen LogP contribution >= 0.6 is 23.7 Å². The second-order valence-corrected chi connectivity index (χ2v) is 6.81. The number of likely N-dealkylation sites (tertiary alicyclic amines) is 1. The van der Waals surface area contributed by atoms with E-state index >= 15 is 0 Å². The molecule has 0 saturated carbocycles. The van der Waals surface area contributed by atoms with Crippen LogP contribution in [0.2, 0.25) is 0 Å². The van der Waals surface area contributed by atoms with Crippen molar-refractivity contribution >= 4 is 40.0 Å². The number of nitrogens with zero attached hydrogens (tertiary/aromatic N) is 3. The first-order valence-electron chi connectivity index (χ1n) is 7.59. The largest absolute Gasteiger partial charge is 0.439 e. The lowest BCUT2D eigenvalue weighted by atomic mass is 10.0. The number of hydrogen-bond donors (Lipinski definition) is 1. The van der Waals surface area contributed by atoms with Gasteiger partial charge in [-0.2, -0.15) is 0 Å². The molecule has 3 aromatic rings. The van der Waals surface area contributed by atoms with Crippen LogP contribution in [0.15, 0.2) is 34.9 Å². The van der Waals surface area contributed by atoms with Gasteiger partial charge in [0.2, 0.25) is 5.89 Å². The Labute approximate surface area is 144 Å². The smallest absolute Gasteiger partial charge is 0.212 e. The summed E-state index contributed by atoms with van der Waals surface area (Å²) in [5.41, 5.74) is 7.54. The first kappa shape index (κ1) is 16.2. The highest BCUT2D eigenvalue weighted by Gasteiger charge is 2.28. The van der Waals surface area contributed by atoms with Crippen LogP contribution in [0.3, 0.4) is 0 Å². The second-order valence-electron chi connectivity index (χ2n) is 5.67. The van der Waals surface area contributed by atoms with Crippen LogP contribution in [0.1, 0.15) is 36.1 Å². The number of piperidine rings is 1. The van der Waals surface area contributed by atoms with Crippen molar-refractivity contribution in [3.8, 4) is 0 Å². The molecular weight excluding hydrogens is 332 g/mol. The van der Waals surface area contributed by atoms with Gasteiger partial charge in [-0.3, -0.25) is 4.90 Å². The molecule has 4 rings (SSSR count). The monoisotopic (exact) mass is 350 g/mol. The van der Waals surface area contributed by atoms with E-state index in [1.807, 2.05) is 30.5 Å². The molecule has 5 nitrogen and oxygen atoms in total. The van der Waals surface area contributed by atoms with Crippen molar-refractivity contribution in [2.75, 3.05) is 12.3 Å². The van der Waals surface area contributed by atoms with Gasteiger partial charge in [0.1, 0.15) is 5.52 Å². The lowest BCUT2D eigenvalue weighted by Gasteiger charge is -2.33. The Morgan fingerprint density at radius 2 is 2.17 bits per heavy atom. The Bertz CT molecular complexity index is 754. The molecule has 2 aromatic heterocycles. The van der Waals surface area contributed by atoms with Crippen LogP contribution in [0.4, 0.5) is 5.13 Å². The van der Waals surface area contributed by atoms with E-state index in [-0.39, 0.29) is 18.4 Å². The van der Waals surface area contributed by atoms with Crippen molar-refractivity contribution in [1.82, 2.24) is 14.9 Å². The number of thiazole rings is 1. The summed E-state index contributed by atoms with van der Waals surface area (Å²) in [6, 6.07) is 8.19. The third-order valence-electron chi connectivity index (χ3n) is 4.14. The molecule has 3 heterocycles. The van der Waals surface area contributed by atoms with Gasteiger partial charge in [-0.15, -0.1) is 23.7 Å². The van der Waals surface area contributed by atoms with E-state index in [2.05, 4.69) is 14.9 Å². The molecule has 0 spiro atoms. The molecule has 1 saturated heterocycles. The molecule has 1 aromatic carbocycles. The highest BCUT2D eigenvalue weighted by molar-refractivity contribution is 7.15. The fourth-order valence-corrected chi connectivity index (χ4v) is 3.80. The number of anilines is 1. The van der Waals surface area contributed by atoms with E-state index in [1.165, 1.54) is 17.7 Å². The highest BCUT2D eigenvalue weighted by Crippen LogP contribution is 2.34. The number of oxazole rings is 1. The van der Waals surface area contributed by atoms with Crippen LogP contribution < -0.4 is 5.73 Å². The van der Waals surface area contributed by atoms with Crippen molar-refractivity contribution < 1.29 is 4.42 Å². The van der Waals surface area contributed by atoms with E-state index in [4.69, 9.17) is 10.2 Å². The number of rotatable bonds is 3. The predicted molar refractivity (Wildman–Crippen MR) is 94.8 cm³/mol. The number of para-hydroxylation sites is 2. The molecule has 1 fully saturated rings. The molecule has 1 atom stereocenters. The fraction of sp³-hybridized carbons (Fsp3) is 0.375. The van der Waals surface area contributed by atoms with Gasteiger partial charge in [-0.25, -0.2) is 9.97 Å². The molecule has 122 valence electrons. The van der Waals surface area contributed by atoms with Crippen molar-refractivity contribution in [3.63, 3.8) is 0 Å². The maximum absolute atomic E-state index is 5.99. The number of benzene rings is 1. The topological polar surface area (TPSA) is 68.2 Å². The minimum atomic E-state index is 0. The first-order valence-corrected chi connectivity index (χ1v) is 8.41. The Kier molecular flexibility index (Phi) is 4.84. The molecule has 1 aliphatic rings. The highest BCUT2D eigenvalue weighted by atomic mass is 35.5. The number of nitrogens with two attached hydrogens (primary N) is 1. The number of hydrogen-bond acceptors (Lipinski definition) is 6. The van der Waals surface area contributed by atoms with Crippen molar-refractivity contribution in [2.45, 2.75) is 31.8 Å². The molecular formula is C16H19ClN4OS. The SMILES string of the molecule is Cl.Nc1ncc(CN2CCCCC2c2nc3ccccc3o2)s1. The zero-order chi connectivity index (χ0) is 14.9. The van der Waals surface area contributed by atoms with Crippen LogP contribution in [0.25, 0.3) is 11.1 Å². The van der Waals surface area contributed by atoms with Crippen LogP contribution in [0, 0.1) is 0 Å². The zero-order valence-corrected chi connectivity index (χ0v) is 14.3. The summed E-state index contributed by atoms with van der Waals surface area (Å²) >= 11 is 1.56. The van der Waals surface area contributed by atoms with Crippen LogP contribution in [-0.2, 0) is 6.54 Å². The minimum absolute atomic E-state index is 0. The molecule has 0 radical (unpaired) electrons. The van der Waals surface area contributed by atoms with Crippen molar-refractivity contribution in [3.05, 3.63) is 41.2 Å². The number of halogens is 1. The predicted octanol–water partition coefficient (Wildman–Crippen LogP) is 4.02.